The number of hydrogen-bond acceptors (Lipinski definition) is 3. The second kappa shape index (κ2) is 6.29. The summed E-state index contributed by atoms with van der Waals surface area (Å²) in [6.45, 7) is 4.58. The number of rotatable bonds is 3. The minimum atomic E-state index is 0.616. The van der Waals surface area contributed by atoms with Crippen molar-refractivity contribution < 1.29 is 0 Å². The molecule has 1 aromatic rings. The normalized spacial score (nSPS) is 21.6. The molecule has 0 fully saturated rings. The van der Waals surface area contributed by atoms with Gasteiger partial charge < -0.3 is 4.90 Å². The highest BCUT2D eigenvalue weighted by Gasteiger charge is 2.23. The summed E-state index contributed by atoms with van der Waals surface area (Å²) in [7, 11) is 4.22. The van der Waals surface area contributed by atoms with E-state index in [4.69, 9.17) is 4.99 Å². The first-order valence-electron chi connectivity index (χ1n) is 6.74. The van der Waals surface area contributed by atoms with E-state index in [-0.39, 0.29) is 0 Å². The summed E-state index contributed by atoms with van der Waals surface area (Å²) >= 11 is 1.90. The van der Waals surface area contributed by atoms with Gasteiger partial charge in [-0.1, -0.05) is 32.0 Å². The highest BCUT2D eigenvalue weighted by Crippen LogP contribution is 2.34. The molecule has 102 valence electrons. The summed E-state index contributed by atoms with van der Waals surface area (Å²) in [5.74, 6) is 0.662. The van der Waals surface area contributed by atoms with Gasteiger partial charge in [-0.05, 0) is 30.5 Å². The Morgan fingerprint density at radius 3 is 2.47 bits per heavy atom. The molecule has 0 saturated carbocycles. The molecule has 1 atom stereocenters. The van der Waals surface area contributed by atoms with Crippen LogP contribution in [0, 0.1) is 5.92 Å². The lowest BCUT2D eigenvalue weighted by atomic mass is 10.0. The Morgan fingerprint density at radius 2 is 1.89 bits per heavy atom. The van der Waals surface area contributed by atoms with Crippen molar-refractivity contribution in [1.29, 1.82) is 0 Å². The molecule has 1 aliphatic heterocycles. The third-order valence-corrected chi connectivity index (χ3v) is 4.75. The maximum atomic E-state index is 4.76. The second-order valence-corrected chi connectivity index (χ2v) is 6.68. The van der Waals surface area contributed by atoms with Gasteiger partial charge in [0.25, 0.3) is 0 Å². The summed E-state index contributed by atoms with van der Waals surface area (Å²) in [6, 6.07) is 10.2. The monoisotopic (exact) mass is 274 g/mol. The molecule has 0 aliphatic carbocycles. The molecule has 3 heteroatoms. The first-order chi connectivity index (χ1) is 9.06. The average Bonchev–Trinajstić information content (AvgIpc) is 2.39. The molecule has 0 unspecified atom stereocenters. The van der Waals surface area contributed by atoms with E-state index in [0.29, 0.717) is 11.2 Å². The van der Waals surface area contributed by atoms with Crippen LogP contribution in [0.4, 0.5) is 5.69 Å². The van der Waals surface area contributed by atoms with Gasteiger partial charge in [-0.15, -0.1) is 11.8 Å². The molecule has 0 bridgehead atoms. The summed E-state index contributed by atoms with van der Waals surface area (Å²) < 4.78 is 0. The van der Waals surface area contributed by atoms with Crippen molar-refractivity contribution in [3.05, 3.63) is 42.1 Å². The zero-order valence-electron chi connectivity index (χ0n) is 12.1. The van der Waals surface area contributed by atoms with Gasteiger partial charge in [-0.2, -0.15) is 0 Å². The molecule has 19 heavy (non-hydrogen) atoms. The topological polar surface area (TPSA) is 15.6 Å². The van der Waals surface area contributed by atoms with Gasteiger partial charge in [0.05, 0.1) is 10.7 Å². The first-order valence-corrected chi connectivity index (χ1v) is 7.62. The summed E-state index contributed by atoms with van der Waals surface area (Å²) in [5.41, 5.74) is 2.40. The van der Waals surface area contributed by atoms with Gasteiger partial charge in [0, 0.05) is 25.0 Å². The lowest BCUT2D eigenvalue weighted by Crippen LogP contribution is -2.24. The SMILES string of the molecule is CC(C)[C@@H]1CC(N(C)C)=CC(=Nc2ccccc2)S1. The van der Waals surface area contributed by atoms with E-state index in [1.807, 2.05) is 30.0 Å². The molecule has 0 N–H and O–H groups in total. The number of nitrogens with zero attached hydrogens (tertiary/aromatic N) is 2. The van der Waals surface area contributed by atoms with E-state index in [1.54, 1.807) is 0 Å². The van der Waals surface area contributed by atoms with E-state index in [1.165, 1.54) is 5.70 Å². The Hall–Kier alpha value is -1.22. The van der Waals surface area contributed by atoms with Crippen LogP contribution in [-0.2, 0) is 0 Å². The van der Waals surface area contributed by atoms with Crippen LogP contribution < -0.4 is 0 Å². The summed E-state index contributed by atoms with van der Waals surface area (Å²) in [6.07, 6.45) is 3.35. The fourth-order valence-electron chi connectivity index (χ4n) is 2.01. The van der Waals surface area contributed by atoms with Crippen LogP contribution in [0.1, 0.15) is 20.3 Å². The van der Waals surface area contributed by atoms with Crippen LogP contribution in [0.2, 0.25) is 0 Å². The van der Waals surface area contributed by atoms with E-state index in [9.17, 15) is 0 Å². The molecule has 0 spiro atoms. The predicted octanol–water partition coefficient (Wildman–Crippen LogP) is 4.32. The van der Waals surface area contributed by atoms with Gasteiger partial charge in [-0.25, -0.2) is 4.99 Å². The quantitative estimate of drug-likeness (QED) is 0.815. The molecule has 2 rings (SSSR count). The van der Waals surface area contributed by atoms with Crippen LogP contribution in [0.3, 0.4) is 0 Å². The fraction of sp³-hybridized carbons (Fsp3) is 0.438. The van der Waals surface area contributed by atoms with Gasteiger partial charge >= 0.3 is 0 Å². The van der Waals surface area contributed by atoms with Crippen molar-refractivity contribution in [2.45, 2.75) is 25.5 Å². The van der Waals surface area contributed by atoms with Crippen molar-refractivity contribution in [2.75, 3.05) is 14.1 Å². The molecule has 1 aliphatic rings. The van der Waals surface area contributed by atoms with Crippen molar-refractivity contribution in [1.82, 2.24) is 4.90 Å². The molecule has 0 amide bonds. The van der Waals surface area contributed by atoms with Crippen molar-refractivity contribution in [3.63, 3.8) is 0 Å². The fourth-order valence-corrected chi connectivity index (χ4v) is 3.21. The van der Waals surface area contributed by atoms with E-state index in [2.05, 4.69) is 51.1 Å². The molecule has 1 heterocycles. The van der Waals surface area contributed by atoms with Crippen LogP contribution in [0.15, 0.2) is 47.1 Å². The van der Waals surface area contributed by atoms with E-state index in [0.717, 1.165) is 17.2 Å². The minimum Gasteiger partial charge on any atom is -0.381 e. The average molecular weight is 274 g/mol. The van der Waals surface area contributed by atoms with Crippen molar-refractivity contribution in [3.8, 4) is 0 Å². The molecule has 1 aromatic carbocycles. The van der Waals surface area contributed by atoms with Crippen molar-refractivity contribution >= 4 is 22.5 Å². The van der Waals surface area contributed by atoms with Gasteiger partial charge in [0.2, 0.25) is 0 Å². The summed E-state index contributed by atoms with van der Waals surface area (Å²) in [4.78, 5) is 6.96. The number of hydrogen-bond donors (Lipinski definition) is 0. The Morgan fingerprint density at radius 1 is 1.21 bits per heavy atom. The standard InChI is InChI=1S/C16H22N2S/c1-12(2)15-10-14(18(3)4)11-16(19-15)17-13-8-6-5-7-9-13/h5-9,11-12,15H,10H2,1-4H3/t15-/m0/s1. The number of allylic oxidation sites excluding steroid dienone is 1. The third-order valence-electron chi connectivity index (χ3n) is 3.29. The Labute approximate surface area is 120 Å². The predicted molar refractivity (Wildman–Crippen MR) is 86.1 cm³/mol. The third kappa shape index (κ3) is 3.87. The number of para-hydroxylation sites is 1. The Kier molecular flexibility index (Phi) is 4.70. The highest BCUT2D eigenvalue weighted by molar-refractivity contribution is 8.15. The van der Waals surface area contributed by atoms with E-state index < -0.39 is 0 Å². The van der Waals surface area contributed by atoms with Crippen LogP contribution in [0.5, 0.6) is 0 Å². The number of thioether (sulfide) groups is 1. The number of benzene rings is 1. The van der Waals surface area contributed by atoms with Crippen molar-refractivity contribution in [2.24, 2.45) is 10.9 Å². The lowest BCUT2D eigenvalue weighted by molar-refractivity contribution is 0.463. The second-order valence-electron chi connectivity index (χ2n) is 5.42. The van der Waals surface area contributed by atoms with Crippen LogP contribution in [-0.4, -0.2) is 29.3 Å². The number of aliphatic imine (C=N–C) groups is 1. The minimum absolute atomic E-state index is 0.616. The molecular weight excluding hydrogens is 252 g/mol. The molecular formula is C16H22N2S. The van der Waals surface area contributed by atoms with E-state index >= 15 is 0 Å². The Balaban J connectivity index is 2.28. The van der Waals surface area contributed by atoms with Crippen LogP contribution >= 0.6 is 11.8 Å². The van der Waals surface area contributed by atoms with Gasteiger partial charge in [0.1, 0.15) is 0 Å². The van der Waals surface area contributed by atoms with Gasteiger partial charge in [-0.3, -0.25) is 0 Å². The largest absolute Gasteiger partial charge is 0.381 e. The smallest absolute Gasteiger partial charge is 0.0987 e. The molecule has 0 aromatic heterocycles. The maximum Gasteiger partial charge on any atom is 0.0987 e. The highest BCUT2D eigenvalue weighted by atomic mass is 32.2. The zero-order chi connectivity index (χ0) is 13.8. The maximum absolute atomic E-state index is 4.76. The molecule has 2 nitrogen and oxygen atoms in total. The molecule has 0 saturated heterocycles. The molecule has 0 radical (unpaired) electrons. The Bertz CT molecular complexity index is 475. The summed E-state index contributed by atoms with van der Waals surface area (Å²) in [5, 5.41) is 1.74. The van der Waals surface area contributed by atoms with Crippen LogP contribution in [0.25, 0.3) is 0 Å². The zero-order valence-corrected chi connectivity index (χ0v) is 12.9. The van der Waals surface area contributed by atoms with Gasteiger partial charge in [0.15, 0.2) is 0 Å². The lowest BCUT2D eigenvalue weighted by Gasteiger charge is -2.29. The first kappa shape index (κ1) is 14.2.